The maximum Gasteiger partial charge on any atom is 0.152 e. The van der Waals surface area contributed by atoms with Crippen LogP contribution in [0.4, 0.5) is 0 Å². The lowest BCUT2D eigenvalue weighted by molar-refractivity contribution is 0.0980. The zero-order chi connectivity index (χ0) is 16.5. The standard InChI is InChI=1S/C20H19BrN2O/c1-14-4-6-15(7-5-14)8-10-23-12-16-11-18(21)17-3-2-9-22-19(17)20(16)24-13-23/h2-7,9,11H,8,10,12-13H2,1H3. The zero-order valence-corrected chi connectivity index (χ0v) is 15.2. The summed E-state index contributed by atoms with van der Waals surface area (Å²) in [5.41, 5.74) is 4.81. The number of hydrogen-bond acceptors (Lipinski definition) is 3. The Morgan fingerprint density at radius 1 is 1.21 bits per heavy atom. The van der Waals surface area contributed by atoms with Crippen molar-refractivity contribution in [2.45, 2.75) is 19.9 Å². The summed E-state index contributed by atoms with van der Waals surface area (Å²) in [7, 11) is 0. The van der Waals surface area contributed by atoms with Crippen LogP contribution in [0.1, 0.15) is 16.7 Å². The van der Waals surface area contributed by atoms with Gasteiger partial charge < -0.3 is 4.74 Å². The summed E-state index contributed by atoms with van der Waals surface area (Å²) in [6, 6.07) is 15.0. The van der Waals surface area contributed by atoms with Gasteiger partial charge in [0, 0.05) is 34.7 Å². The first-order valence-electron chi connectivity index (χ1n) is 8.17. The van der Waals surface area contributed by atoms with Gasteiger partial charge >= 0.3 is 0 Å². The van der Waals surface area contributed by atoms with Crippen LogP contribution >= 0.6 is 15.9 Å². The van der Waals surface area contributed by atoms with E-state index in [0.717, 1.165) is 40.6 Å². The van der Waals surface area contributed by atoms with Gasteiger partial charge in [0.2, 0.25) is 0 Å². The van der Waals surface area contributed by atoms with E-state index in [9.17, 15) is 0 Å². The predicted octanol–water partition coefficient (Wildman–Crippen LogP) is 4.70. The molecule has 3 aromatic rings. The van der Waals surface area contributed by atoms with Gasteiger partial charge in [0.05, 0.1) is 0 Å². The molecule has 2 heterocycles. The second-order valence-electron chi connectivity index (χ2n) is 6.31. The summed E-state index contributed by atoms with van der Waals surface area (Å²) < 4.78 is 7.13. The van der Waals surface area contributed by atoms with Crippen LogP contribution in [-0.2, 0) is 13.0 Å². The number of rotatable bonds is 3. The van der Waals surface area contributed by atoms with Crippen molar-refractivity contribution in [2.24, 2.45) is 0 Å². The van der Waals surface area contributed by atoms with Gasteiger partial charge in [-0.3, -0.25) is 9.88 Å². The molecular formula is C20H19BrN2O. The Labute approximate surface area is 150 Å². The monoisotopic (exact) mass is 382 g/mol. The average molecular weight is 383 g/mol. The molecule has 0 aliphatic carbocycles. The molecule has 0 N–H and O–H groups in total. The zero-order valence-electron chi connectivity index (χ0n) is 13.6. The molecule has 0 unspecified atom stereocenters. The fourth-order valence-electron chi connectivity index (χ4n) is 3.13. The van der Waals surface area contributed by atoms with Crippen LogP contribution in [0.25, 0.3) is 10.9 Å². The van der Waals surface area contributed by atoms with E-state index in [0.29, 0.717) is 6.73 Å². The van der Waals surface area contributed by atoms with Crippen LogP contribution < -0.4 is 4.74 Å². The minimum atomic E-state index is 0.617. The lowest BCUT2D eigenvalue weighted by Crippen LogP contribution is -2.33. The molecule has 1 aromatic heterocycles. The normalized spacial score (nSPS) is 14.4. The van der Waals surface area contributed by atoms with Crippen LogP contribution in [0.5, 0.6) is 5.75 Å². The Bertz CT molecular complexity index is 877. The largest absolute Gasteiger partial charge is 0.475 e. The molecule has 4 rings (SSSR count). The van der Waals surface area contributed by atoms with Crippen molar-refractivity contribution in [3.05, 3.63) is 69.8 Å². The molecule has 2 aromatic carbocycles. The molecule has 0 atom stereocenters. The minimum absolute atomic E-state index is 0.617. The number of fused-ring (bicyclic) bond motifs is 3. The molecule has 0 amide bonds. The molecule has 3 nitrogen and oxygen atoms in total. The van der Waals surface area contributed by atoms with E-state index in [1.54, 1.807) is 0 Å². The smallest absolute Gasteiger partial charge is 0.152 e. The number of hydrogen-bond donors (Lipinski definition) is 0. The van der Waals surface area contributed by atoms with Crippen molar-refractivity contribution in [2.75, 3.05) is 13.3 Å². The molecule has 0 bridgehead atoms. The fourth-order valence-corrected chi connectivity index (χ4v) is 3.73. The maximum atomic E-state index is 6.05. The lowest BCUT2D eigenvalue weighted by Gasteiger charge is -2.29. The van der Waals surface area contributed by atoms with Crippen molar-refractivity contribution in [1.29, 1.82) is 0 Å². The van der Waals surface area contributed by atoms with Crippen LogP contribution in [0.3, 0.4) is 0 Å². The van der Waals surface area contributed by atoms with Gasteiger partial charge in [-0.15, -0.1) is 0 Å². The van der Waals surface area contributed by atoms with E-state index in [1.165, 1.54) is 16.7 Å². The number of nitrogens with zero attached hydrogens (tertiary/aromatic N) is 2. The SMILES string of the molecule is Cc1ccc(CCN2COc3c(cc(Br)c4cccnc34)C2)cc1. The van der Waals surface area contributed by atoms with Gasteiger partial charge in [-0.25, -0.2) is 0 Å². The number of aryl methyl sites for hydroxylation is 1. The third-order valence-electron chi connectivity index (χ3n) is 4.50. The third-order valence-corrected chi connectivity index (χ3v) is 5.15. The van der Waals surface area contributed by atoms with Crippen molar-refractivity contribution in [1.82, 2.24) is 9.88 Å². The summed E-state index contributed by atoms with van der Waals surface area (Å²) in [6.07, 6.45) is 2.86. The summed E-state index contributed by atoms with van der Waals surface area (Å²) >= 11 is 3.66. The Hall–Kier alpha value is -1.91. The molecule has 0 fully saturated rings. The first-order chi connectivity index (χ1) is 11.7. The van der Waals surface area contributed by atoms with E-state index >= 15 is 0 Å². The summed E-state index contributed by atoms with van der Waals surface area (Å²) in [5.74, 6) is 0.931. The van der Waals surface area contributed by atoms with Crippen LogP contribution in [-0.4, -0.2) is 23.2 Å². The van der Waals surface area contributed by atoms with Crippen molar-refractivity contribution in [3.8, 4) is 5.75 Å². The molecule has 0 saturated heterocycles. The van der Waals surface area contributed by atoms with Crippen LogP contribution in [0.2, 0.25) is 0 Å². The first-order valence-corrected chi connectivity index (χ1v) is 8.97. The van der Waals surface area contributed by atoms with Crippen molar-refractivity contribution in [3.63, 3.8) is 0 Å². The second kappa shape index (κ2) is 6.54. The summed E-state index contributed by atoms with van der Waals surface area (Å²) in [6.45, 7) is 4.62. The molecule has 24 heavy (non-hydrogen) atoms. The Morgan fingerprint density at radius 3 is 2.88 bits per heavy atom. The molecule has 4 heteroatoms. The third kappa shape index (κ3) is 3.04. The number of ether oxygens (including phenoxy) is 1. The van der Waals surface area contributed by atoms with Gasteiger partial charge in [0.1, 0.15) is 12.2 Å². The van der Waals surface area contributed by atoms with Gasteiger partial charge in [-0.1, -0.05) is 51.8 Å². The molecular weight excluding hydrogens is 364 g/mol. The van der Waals surface area contributed by atoms with E-state index in [1.807, 2.05) is 12.3 Å². The lowest BCUT2D eigenvalue weighted by atomic mass is 10.1. The number of pyridine rings is 1. The Morgan fingerprint density at radius 2 is 2.04 bits per heavy atom. The molecule has 0 radical (unpaired) electrons. The topological polar surface area (TPSA) is 25.4 Å². The minimum Gasteiger partial charge on any atom is -0.475 e. The first kappa shape index (κ1) is 15.6. The van der Waals surface area contributed by atoms with Gasteiger partial charge in [-0.05, 0) is 31.0 Å². The highest BCUT2D eigenvalue weighted by Crippen LogP contribution is 2.36. The van der Waals surface area contributed by atoms with Crippen molar-refractivity contribution < 1.29 is 4.74 Å². The van der Waals surface area contributed by atoms with Gasteiger partial charge in [0.15, 0.2) is 5.75 Å². The number of aromatic nitrogens is 1. The fraction of sp³-hybridized carbons (Fsp3) is 0.250. The highest BCUT2D eigenvalue weighted by molar-refractivity contribution is 9.10. The molecule has 122 valence electrons. The van der Waals surface area contributed by atoms with E-state index in [4.69, 9.17) is 4.74 Å². The Kier molecular flexibility index (Phi) is 4.25. The maximum absolute atomic E-state index is 6.05. The Balaban J connectivity index is 1.52. The van der Waals surface area contributed by atoms with E-state index in [2.05, 4.69) is 69.1 Å². The van der Waals surface area contributed by atoms with E-state index < -0.39 is 0 Å². The summed E-state index contributed by atoms with van der Waals surface area (Å²) in [5, 5.41) is 1.10. The summed E-state index contributed by atoms with van der Waals surface area (Å²) in [4.78, 5) is 6.85. The van der Waals surface area contributed by atoms with Gasteiger partial charge in [0.25, 0.3) is 0 Å². The van der Waals surface area contributed by atoms with Crippen LogP contribution in [0.15, 0.2) is 53.1 Å². The second-order valence-corrected chi connectivity index (χ2v) is 7.16. The van der Waals surface area contributed by atoms with Gasteiger partial charge in [-0.2, -0.15) is 0 Å². The molecule has 1 aliphatic rings. The predicted molar refractivity (Wildman–Crippen MR) is 100 cm³/mol. The highest BCUT2D eigenvalue weighted by atomic mass is 79.9. The average Bonchev–Trinajstić information content (AvgIpc) is 2.61. The molecule has 0 saturated carbocycles. The molecule has 1 aliphatic heterocycles. The van der Waals surface area contributed by atoms with Crippen LogP contribution in [0, 0.1) is 6.92 Å². The number of benzene rings is 2. The number of halogens is 1. The van der Waals surface area contributed by atoms with Crippen molar-refractivity contribution >= 4 is 26.8 Å². The quantitative estimate of drug-likeness (QED) is 0.656. The highest BCUT2D eigenvalue weighted by Gasteiger charge is 2.21. The molecule has 0 spiro atoms. The van der Waals surface area contributed by atoms with E-state index in [-0.39, 0.29) is 0 Å².